The van der Waals surface area contributed by atoms with Crippen molar-refractivity contribution in [3.8, 4) is 0 Å². The first-order valence-corrected chi connectivity index (χ1v) is 5.60. The summed E-state index contributed by atoms with van der Waals surface area (Å²) in [7, 11) is 0. The minimum atomic E-state index is -1.26. The van der Waals surface area contributed by atoms with E-state index in [2.05, 4.69) is 6.92 Å². The molecule has 1 unspecified atom stereocenters. The maximum Gasteiger partial charge on any atom is 0.325 e. The molecule has 0 heterocycles. The largest absolute Gasteiger partial charge is 0.480 e. The molecule has 0 saturated heterocycles. The molecule has 0 spiro atoms. The van der Waals surface area contributed by atoms with Crippen LogP contribution in [0.5, 0.6) is 0 Å². The zero-order valence-electron chi connectivity index (χ0n) is 9.79. The maximum absolute atomic E-state index is 10.6. The van der Waals surface area contributed by atoms with Crippen LogP contribution in [0.15, 0.2) is 0 Å². The van der Waals surface area contributed by atoms with Gasteiger partial charge in [-0.15, -0.1) is 0 Å². The van der Waals surface area contributed by atoms with E-state index in [9.17, 15) is 4.79 Å². The van der Waals surface area contributed by atoms with Crippen LogP contribution in [0.1, 0.15) is 46.0 Å². The van der Waals surface area contributed by atoms with Crippen molar-refractivity contribution in [3.05, 3.63) is 0 Å². The number of carboxylic acid groups (broad SMARTS) is 1. The topological polar surface area (TPSA) is 72.5 Å². The third-order valence-electron chi connectivity index (χ3n) is 2.28. The van der Waals surface area contributed by atoms with Crippen LogP contribution in [0.2, 0.25) is 0 Å². The Labute approximate surface area is 91.8 Å². The van der Waals surface area contributed by atoms with Crippen molar-refractivity contribution in [1.29, 1.82) is 0 Å². The third kappa shape index (κ3) is 7.33. The number of hydrogen-bond donors (Lipinski definition) is 2. The van der Waals surface area contributed by atoms with Crippen LogP contribution in [0.4, 0.5) is 0 Å². The highest BCUT2D eigenvalue weighted by atomic mass is 16.5. The van der Waals surface area contributed by atoms with E-state index in [1.54, 1.807) is 0 Å². The van der Waals surface area contributed by atoms with Crippen LogP contribution in [-0.2, 0) is 9.53 Å². The van der Waals surface area contributed by atoms with E-state index in [-0.39, 0.29) is 6.61 Å². The van der Waals surface area contributed by atoms with Gasteiger partial charge in [0.25, 0.3) is 0 Å². The first kappa shape index (κ1) is 14.4. The molecular weight excluding hydrogens is 194 g/mol. The van der Waals surface area contributed by atoms with E-state index >= 15 is 0 Å². The normalized spacial score (nSPS) is 14.9. The van der Waals surface area contributed by atoms with Gasteiger partial charge >= 0.3 is 5.97 Å². The van der Waals surface area contributed by atoms with Crippen molar-refractivity contribution >= 4 is 5.97 Å². The Hall–Kier alpha value is -0.610. The molecule has 15 heavy (non-hydrogen) atoms. The third-order valence-corrected chi connectivity index (χ3v) is 2.28. The van der Waals surface area contributed by atoms with E-state index in [0.717, 1.165) is 12.8 Å². The SMILES string of the molecule is CCCCCCCOCC(C)(N)C(=O)O. The van der Waals surface area contributed by atoms with Crippen molar-refractivity contribution in [2.24, 2.45) is 5.73 Å². The average Bonchev–Trinajstić information content (AvgIpc) is 2.16. The Morgan fingerprint density at radius 3 is 2.47 bits per heavy atom. The van der Waals surface area contributed by atoms with E-state index in [0.29, 0.717) is 6.61 Å². The minimum Gasteiger partial charge on any atom is -0.480 e. The van der Waals surface area contributed by atoms with E-state index in [4.69, 9.17) is 15.6 Å². The predicted molar refractivity (Wildman–Crippen MR) is 59.8 cm³/mol. The summed E-state index contributed by atoms with van der Waals surface area (Å²) in [6, 6.07) is 0. The Morgan fingerprint density at radius 2 is 1.93 bits per heavy atom. The van der Waals surface area contributed by atoms with Crippen molar-refractivity contribution in [2.75, 3.05) is 13.2 Å². The van der Waals surface area contributed by atoms with Gasteiger partial charge in [0.15, 0.2) is 0 Å². The van der Waals surface area contributed by atoms with Crippen LogP contribution >= 0.6 is 0 Å². The smallest absolute Gasteiger partial charge is 0.325 e. The number of ether oxygens (including phenoxy) is 1. The molecule has 0 radical (unpaired) electrons. The summed E-state index contributed by atoms with van der Waals surface area (Å²) in [6.45, 7) is 4.32. The van der Waals surface area contributed by atoms with Gasteiger partial charge in [-0.3, -0.25) is 4.79 Å². The first-order chi connectivity index (χ1) is 7.00. The molecule has 0 aliphatic rings. The van der Waals surface area contributed by atoms with Gasteiger partial charge < -0.3 is 15.6 Å². The van der Waals surface area contributed by atoms with Gasteiger partial charge in [-0.1, -0.05) is 32.6 Å². The summed E-state index contributed by atoms with van der Waals surface area (Å²) in [4.78, 5) is 10.6. The first-order valence-electron chi connectivity index (χ1n) is 5.60. The minimum absolute atomic E-state index is 0.0795. The molecular formula is C11H23NO3. The molecule has 1 atom stereocenters. The lowest BCUT2D eigenvalue weighted by atomic mass is 10.1. The number of unbranched alkanes of at least 4 members (excludes halogenated alkanes) is 4. The fourth-order valence-corrected chi connectivity index (χ4v) is 1.15. The fraction of sp³-hybridized carbons (Fsp3) is 0.909. The van der Waals surface area contributed by atoms with Crippen LogP contribution < -0.4 is 5.73 Å². The molecule has 0 amide bonds. The van der Waals surface area contributed by atoms with Gasteiger partial charge in [0.2, 0.25) is 0 Å². The van der Waals surface area contributed by atoms with Gasteiger partial charge in [0.05, 0.1) is 6.61 Å². The monoisotopic (exact) mass is 217 g/mol. The number of aliphatic carboxylic acids is 1. The highest BCUT2D eigenvalue weighted by molar-refractivity contribution is 5.77. The van der Waals surface area contributed by atoms with Gasteiger partial charge in [0.1, 0.15) is 5.54 Å². The molecule has 0 aromatic heterocycles. The molecule has 0 bridgehead atoms. The molecule has 4 nitrogen and oxygen atoms in total. The highest BCUT2D eigenvalue weighted by Gasteiger charge is 2.27. The lowest BCUT2D eigenvalue weighted by Gasteiger charge is -2.18. The average molecular weight is 217 g/mol. The molecule has 90 valence electrons. The fourth-order valence-electron chi connectivity index (χ4n) is 1.15. The van der Waals surface area contributed by atoms with Crippen molar-refractivity contribution in [1.82, 2.24) is 0 Å². The summed E-state index contributed by atoms with van der Waals surface area (Å²) in [5.41, 5.74) is 4.24. The zero-order valence-corrected chi connectivity index (χ0v) is 9.79. The summed E-state index contributed by atoms with van der Waals surface area (Å²) >= 11 is 0. The highest BCUT2D eigenvalue weighted by Crippen LogP contribution is 2.04. The quantitative estimate of drug-likeness (QED) is 0.577. The summed E-state index contributed by atoms with van der Waals surface area (Å²) in [5.74, 6) is -1.02. The number of hydrogen-bond acceptors (Lipinski definition) is 3. The van der Waals surface area contributed by atoms with Gasteiger partial charge in [-0.05, 0) is 13.3 Å². The molecule has 4 heteroatoms. The van der Waals surface area contributed by atoms with Crippen molar-refractivity contribution < 1.29 is 14.6 Å². The Kier molecular flexibility index (Phi) is 7.34. The lowest BCUT2D eigenvalue weighted by Crippen LogP contribution is -2.49. The van der Waals surface area contributed by atoms with Crippen LogP contribution in [0.3, 0.4) is 0 Å². The predicted octanol–water partition coefficient (Wildman–Crippen LogP) is 1.78. The van der Waals surface area contributed by atoms with E-state index in [1.807, 2.05) is 0 Å². The summed E-state index contributed by atoms with van der Waals surface area (Å²) in [6.07, 6.45) is 5.82. The maximum atomic E-state index is 10.6. The van der Waals surface area contributed by atoms with Gasteiger partial charge in [-0.25, -0.2) is 0 Å². The summed E-state index contributed by atoms with van der Waals surface area (Å²) in [5, 5.41) is 8.71. The molecule has 0 aromatic carbocycles. The molecule has 0 saturated carbocycles. The molecule has 0 fully saturated rings. The van der Waals surface area contributed by atoms with Gasteiger partial charge in [-0.2, -0.15) is 0 Å². The van der Waals surface area contributed by atoms with Crippen LogP contribution in [-0.4, -0.2) is 29.8 Å². The van der Waals surface area contributed by atoms with Crippen molar-refractivity contribution in [3.63, 3.8) is 0 Å². The van der Waals surface area contributed by atoms with E-state index < -0.39 is 11.5 Å². The Balaban J connectivity index is 3.35. The molecule has 0 rings (SSSR count). The molecule has 3 N–H and O–H groups in total. The van der Waals surface area contributed by atoms with Gasteiger partial charge in [0, 0.05) is 6.61 Å². The standard InChI is InChI=1S/C11H23NO3/c1-3-4-5-6-7-8-15-9-11(2,12)10(13)14/h3-9,12H2,1-2H3,(H,13,14). The number of carboxylic acids is 1. The Morgan fingerprint density at radius 1 is 1.33 bits per heavy atom. The second kappa shape index (κ2) is 7.65. The zero-order chi connectivity index (χ0) is 11.7. The second-order valence-corrected chi connectivity index (χ2v) is 4.19. The second-order valence-electron chi connectivity index (χ2n) is 4.19. The Bertz CT molecular complexity index is 181. The number of rotatable bonds is 9. The molecule has 0 aliphatic carbocycles. The molecule has 0 aromatic rings. The van der Waals surface area contributed by atoms with Crippen LogP contribution in [0.25, 0.3) is 0 Å². The van der Waals surface area contributed by atoms with E-state index in [1.165, 1.54) is 26.2 Å². The summed E-state index contributed by atoms with van der Waals surface area (Å²) < 4.78 is 5.23. The number of nitrogens with two attached hydrogens (primary N) is 1. The number of carbonyl (C=O) groups is 1. The van der Waals surface area contributed by atoms with Crippen molar-refractivity contribution in [2.45, 2.75) is 51.5 Å². The lowest BCUT2D eigenvalue weighted by molar-refractivity contribution is -0.145. The van der Waals surface area contributed by atoms with Crippen LogP contribution in [0, 0.1) is 0 Å². The molecule has 0 aliphatic heterocycles.